The second-order valence-corrected chi connectivity index (χ2v) is 4.89. The van der Waals surface area contributed by atoms with Gasteiger partial charge < -0.3 is 10.3 Å². The third-order valence-electron chi connectivity index (χ3n) is 3.68. The summed E-state index contributed by atoms with van der Waals surface area (Å²) in [7, 11) is 0. The Labute approximate surface area is 107 Å². The predicted octanol–water partition coefficient (Wildman–Crippen LogP) is 2.10. The van der Waals surface area contributed by atoms with Crippen LogP contribution in [0.3, 0.4) is 0 Å². The van der Waals surface area contributed by atoms with E-state index in [0.29, 0.717) is 5.82 Å². The smallest absolute Gasteiger partial charge is 0.128 e. The maximum atomic E-state index is 5.92. The van der Waals surface area contributed by atoms with Crippen LogP contribution in [0.15, 0.2) is 18.3 Å². The number of anilines is 1. The molecule has 0 atom stereocenters. The van der Waals surface area contributed by atoms with Crippen molar-refractivity contribution in [2.75, 3.05) is 5.73 Å². The highest BCUT2D eigenvalue weighted by molar-refractivity contribution is 5.39. The number of hydrogen-bond donors (Lipinski definition) is 1. The molecule has 0 aliphatic heterocycles. The fourth-order valence-electron chi connectivity index (χ4n) is 2.70. The van der Waals surface area contributed by atoms with Crippen molar-refractivity contribution in [2.45, 2.75) is 39.2 Å². The fourth-order valence-corrected chi connectivity index (χ4v) is 2.70. The van der Waals surface area contributed by atoms with Gasteiger partial charge in [0.15, 0.2) is 0 Å². The van der Waals surface area contributed by atoms with Gasteiger partial charge in [-0.3, -0.25) is 0 Å². The van der Waals surface area contributed by atoms with Gasteiger partial charge in [0.2, 0.25) is 0 Å². The van der Waals surface area contributed by atoms with Crippen LogP contribution in [-0.4, -0.2) is 14.5 Å². The van der Waals surface area contributed by atoms with Crippen molar-refractivity contribution in [1.29, 1.82) is 0 Å². The summed E-state index contributed by atoms with van der Waals surface area (Å²) in [5.74, 6) is 1.71. The highest BCUT2D eigenvalue weighted by Crippen LogP contribution is 2.23. The summed E-state index contributed by atoms with van der Waals surface area (Å²) < 4.78 is 2.29. The highest BCUT2D eigenvalue weighted by atomic mass is 15.1. The molecule has 1 aliphatic carbocycles. The second kappa shape index (κ2) is 4.44. The number of aromatic nitrogens is 3. The SMILES string of the molecule is Cc1nc2c(n1Cc1cccnc1N)CCCC2. The molecule has 0 spiro atoms. The zero-order valence-corrected chi connectivity index (χ0v) is 10.7. The normalized spacial score (nSPS) is 14.5. The lowest BCUT2D eigenvalue weighted by Gasteiger charge is -2.15. The summed E-state index contributed by atoms with van der Waals surface area (Å²) >= 11 is 0. The zero-order valence-electron chi connectivity index (χ0n) is 10.7. The Morgan fingerprint density at radius 3 is 3.00 bits per heavy atom. The lowest BCUT2D eigenvalue weighted by Crippen LogP contribution is -2.11. The van der Waals surface area contributed by atoms with E-state index < -0.39 is 0 Å². The molecule has 94 valence electrons. The van der Waals surface area contributed by atoms with Gasteiger partial charge in [0.05, 0.1) is 12.2 Å². The van der Waals surface area contributed by atoms with Crippen LogP contribution >= 0.6 is 0 Å². The topological polar surface area (TPSA) is 56.7 Å². The first-order valence-corrected chi connectivity index (χ1v) is 6.50. The van der Waals surface area contributed by atoms with Gasteiger partial charge >= 0.3 is 0 Å². The highest BCUT2D eigenvalue weighted by Gasteiger charge is 2.18. The number of pyridine rings is 1. The quantitative estimate of drug-likeness (QED) is 0.877. The molecule has 1 aliphatic rings. The molecule has 0 aromatic carbocycles. The summed E-state index contributed by atoms with van der Waals surface area (Å²) in [6, 6.07) is 3.97. The van der Waals surface area contributed by atoms with Crippen LogP contribution in [0.4, 0.5) is 5.82 Å². The molecule has 0 saturated heterocycles. The summed E-state index contributed by atoms with van der Waals surface area (Å²) in [4.78, 5) is 8.82. The van der Waals surface area contributed by atoms with Crippen molar-refractivity contribution >= 4 is 5.82 Å². The van der Waals surface area contributed by atoms with Crippen LogP contribution in [0, 0.1) is 6.92 Å². The van der Waals surface area contributed by atoms with Crippen LogP contribution in [0.1, 0.15) is 35.6 Å². The second-order valence-electron chi connectivity index (χ2n) is 4.89. The average Bonchev–Trinajstić information content (AvgIpc) is 2.69. The molecule has 0 saturated carbocycles. The minimum absolute atomic E-state index is 0.621. The van der Waals surface area contributed by atoms with Gasteiger partial charge in [-0.2, -0.15) is 0 Å². The minimum Gasteiger partial charge on any atom is -0.383 e. The number of fused-ring (bicyclic) bond motifs is 1. The molecular weight excluding hydrogens is 224 g/mol. The van der Waals surface area contributed by atoms with Crippen LogP contribution in [0.25, 0.3) is 0 Å². The molecule has 2 heterocycles. The van der Waals surface area contributed by atoms with E-state index in [-0.39, 0.29) is 0 Å². The van der Waals surface area contributed by atoms with Crippen molar-refractivity contribution in [3.05, 3.63) is 41.1 Å². The summed E-state index contributed by atoms with van der Waals surface area (Å²) in [5, 5.41) is 0. The van der Waals surface area contributed by atoms with E-state index in [2.05, 4.69) is 21.5 Å². The Morgan fingerprint density at radius 1 is 1.33 bits per heavy atom. The lowest BCUT2D eigenvalue weighted by atomic mass is 10.0. The summed E-state index contributed by atoms with van der Waals surface area (Å²) in [5.41, 5.74) is 9.66. The molecule has 0 fully saturated rings. The molecule has 4 heteroatoms. The first-order valence-electron chi connectivity index (χ1n) is 6.50. The fraction of sp³-hybridized carbons (Fsp3) is 0.429. The molecule has 4 nitrogen and oxygen atoms in total. The number of aryl methyl sites for hydroxylation is 2. The maximum absolute atomic E-state index is 5.92. The maximum Gasteiger partial charge on any atom is 0.128 e. The number of nitrogens with zero attached hydrogens (tertiary/aromatic N) is 3. The van der Waals surface area contributed by atoms with Gasteiger partial charge in [-0.15, -0.1) is 0 Å². The Kier molecular flexibility index (Phi) is 2.78. The number of imidazole rings is 1. The standard InChI is InChI=1S/C14H18N4/c1-10-17-12-6-2-3-7-13(12)18(10)9-11-5-4-8-16-14(11)15/h4-5,8H,2-3,6-7,9H2,1H3,(H2,15,16). The first kappa shape index (κ1) is 11.3. The Hall–Kier alpha value is -1.84. The monoisotopic (exact) mass is 242 g/mol. The largest absolute Gasteiger partial charge is 0.383 e. The van der Waals surface area contributed by atoms with E-state index in [4.69, 9.17) is 5.73 Å². The average molecular weight is 242 g/mol. The molecule has 0 amide bonds. The van der Waals surface area contributed by atoms with E-state index in [1.807, 2.05) is 12.1 Å². The third-order valence-corrected chi connectivity index (χ3v) is 3.68. The molecule has 3 rings (SSSR count). The Bertz CT molecular complexity index is 571. The van der Waals surface area contributed by atoms with Crippen molar-refractivity contribution in [1.82, 2.24) is 14.5 Å². The summed E-state index contributed by atoms with van der Waals surface area (Å²) in [6.07, 6.45) is 6.51. The molecular formula is C14H18N4. The van der Waals surface area contributed by atoms with Crippen LogP contribution in [0.5, 0.6) is 0 Å². The number of rotatable bonds is 2. The van der Waals surface area contributed by atoms with Crippen molar-refractivity contribution < 1.29 is 0 Å². The number of hydrogen-bond acceptors (Lipinski definition) is 3. The van der Waals surface area contributed by atoms with Crippen LogP contribution < -0.4 is 5.73 Å². The number of nitrogens with two attached hydrogens (primary N) is 1. The van der Waals surface area contributed by atoms with Gasteiger partial charge in [0.1, 0.15) is 11.6 Å². The van der Waals surface area contributed by atoms with Crippen LogP contribution in [0.2, 0.25) is 0 Å². The van der Waals surface area contributed by atoms with Gasteiger partial charge in [0, 0.05) is 17.5 Å². The lowest BCUT2D eigenvalue weighted by molar-refractivity contribution is 0.624. The van der Waals surface area contributed by atoms with Gasteiger partial charge in [-0.05, 0) is 38.7 Å². The molecule has 0 unspecified atom stereocenters. The molecule has 2 N–H and O–H groups in total. The van der Waals surface area contributed by atoms with E-state index in [0.717, 1.165) is 30.8 Å². The minimum atomic E-state index is 0.621. The van der Waals surface area contributed by atoms with E-state index in [9.17, 15) is 0 Å². The number of nitrogen functional groups attached to an aromatic ring is 1. The molecule has 2 aromatic rings. The van der Waals surface area contributed by atoms with Gasteiger partial charge in [0.25, 0.3) is 0 Å². The Morgan fingerprint density at radius 2 is 2.17 bits per heavy atom. The van der Waals surface area contributed by atoms with Crippen molar-refractivity contribution in [2.24, 2.45) is 0 Å². The first-order chi connectivity index (χ1) is 8.75. The molecule has 0 radical (unpaired) electrons. The van der Waals surface area contributed by atoms with E-state index >= 15 is 0 Å². The molecule has 0 bridgehead atoms. The Balaban J connectivity index is 1.98. The van der Waals surface area contributed by atoms with Crippen molar-refractivity contribution in [3.8, 4) is 0 Å². The van der Waals surface area contributed by atoms with Crippen LogP contribution in [-0.2, 0) is 19.4 Å². The van der Waals surface area contributed by atoms with Gasteiger partial charge in [-0.1, -0.05) is 6.07 Å². The molecule has 18 heavy (non-hydrogen) atoms. The van der Waals surface area contributed by atoms with E-state index in [1.54, 1.807) is 6.20 Å². The van der Waals surface area contributed by atoms with Gasteiger partial charge in [-0.25, -0.2) is 9.97 Å². The predicted molar refractivity (Wildman–Crippen MR) is 71.4 cm³/mol. The summed E-state index contributed by atoms with van der Waals surface area (Å²) in [6.45, 7) is 2.86. The third kappa shape index (κ3) is 1.88. The zero-order chi connectivity index (χ0) is 12.5. The molecule has 2 aromatic heterocycles. The van der Waals surface area contributed by atoms with Crippen molar-refractivity contribution in [3.63, 3.8) is 0 Å². The van der Waals surface area contributed by atoms with E-state index in [1.165, 1.54) is 24.2 Å².